The lowest BCUT2D eigenvalue weighted by Crippen LogP contribution is -2.31. The summed E-state index contributed by atoms with van der Waals surface area (Å²) in [5, 5.41) is 10.3. The van der Waals surface area contributed by atoms with Gasteiger partial charge in [0, 0.05) is 25.6 Å². The van der Waals surface area contributed by atoms with Gasteiger partial charge in [-0.15, -0.1) is 0 Å². The van der Waals surface area contributed by atoms with Gasteiger partial charge in [-0.1, -0.05) is 0 Å². The number of hydrogen-bond acceptors (Lipinski definition) is 5. The lowest BCUT2D eigenvalue weighted by atomic mass is 9.81. The number of imidazole rings is 1. The third-order valence-corrected chi connectivity index (χ3v) is 5.54. The number of amides is 1. The van der Waals surface area contributed by atoms with Crippen molar-refractivity contribution in [2.24, 2.45) is 18.9 Å². The van der Waals surface area contributed by atoms with Crippen LogP contribution in [0.1, 0.15) is 25.7 Å². The first-order valence-corrected chi connectivity index (χ1v) is 9.39. The number of aryl methyl sites for hydroxylation is 1. The molecule has 28 heavy (non-hydrogen) atoms. The topological polar surface area (TPSA) is 115 Å². The maximum Gasteiger partial charge on any atom is 0.330 e. The molecule has 2 N–H and O–H groups in total. The lowest BCUT2D eigenvalue weighted by Gasteiger charge is -2.27. The fraction of sp³-hybridized carbons (Fsp3) is 0.421. The molecular formula is C19H22N6O3. The molecule has 0 aliphatic heterocycles. The lowest BCUT2D eigenvalue weighted by molar-refractivity contribution is -0.121. The summed E-state index contributed by atoms with van der Waals surface area (Å²) in [6.45, 7) is 0.540. The maximum absolute atomic E-state index is 12.6. The van der Waals surface area contributed by atoms with E-state index in [9.17, 15) is 14.4 Å². The van der Waals surface area contributed by atoms with Gasteiger partial charge in [0.05, 0.1) is 23.6 Å². The first-order valence-electron chi connectivity index (χ1n) is 9.39. The largest absolute Gasteiger partial charge is 0.330 e. The van der Waals surface area contributed by atoms with Crippen molar-refractivity contribution in [1.29, 1.82) is 0 Å². The number of nitrogens with zero attached hydrogens (tertiary/aromatic N) is 4. The van der Waals surface area contributed by atoms with E-state index >= 15 is 0 Å². The van der Waals surface area contributed by atoms with Crippen LogP contribution in [0, 0.1) is 11.8 Å². The summed E-state index contributed by atoms with van der Waals surface area (Å²) in [5.41, 5.74) is 1.56. The standard InChI is InChI=1S/C19H22N6O3/c1-24-15-6-7-16(26)23-17(15)25(19(24)28)11-12-2-4-13(5-3-12)18(27)22-14-8-9-20-21-10-14/h6-10,12-13H,2-5,11H2,1H3,(H,23,26)(H,20,22,27). The molecular weight excluding hydrogens is 360 g/mol. The molecule has 0 bridgehead atoms. The fourth-order valence-electron chi connectivity index (χ4n) is 3.96. The van der Waals surface area contributed by atoms with Gasteiger partial charge in [-0.3, -0.25) is 18.7 Å². The Balaban J connectivity index is 1.42. The SMILES string of the molecule is Cn1c(=O)n(CC2CCC(C(=O)Nc3ccnnc3)CC2)c2[nH]c(=O)ccc21. The zero-order valence-electron chi connectivity index (χ0n) is 15.6. The molecule has 0 atom stereocenters. The van der Waals surface area contributed by atoms with E-state index in [0.29, 0.717) is 29.3 Å². The van der Waals surface area contributed by atoms with Crippen LogP contribution < -0.4 is 16.6 Å². The van der Waals surface area contributed by atoms with Crippen molar-refractivity contribution in [1.82, 2.24) is 24.3 Å². The van der Waals surface area contributed by atoms with Crippen molar-refractivity contribution < 1.29 is 4.79 Å². The molecule has 1 aliphatic rings. The van der Waals surface area contributed by atoms with Gasteiger partial charge in [-0.05, 0) is 43.7 Å². The second-order valence-electron chi connectivity index (χ2n) is 7.35. The van der Waals surface area contributed by atoms with Crippen LogP contribution in [0.2, 0.25) is 0 Å². The molecule has 1 fully saturated rings. The second kappa shape index (κ2) is 7.41. The van der Waals surface area contributed by atoms with Gasteiger partial charge < -0.3 is 10.3 Å². The van der Waals surface area contributed by atoms with Crippen LogP contribution in [0.15, 0.2) is 40.2 Å². The number of pyridine rings is 1. The summed E-state index contributed by atoms with van der Waals surface area (Å²) in [4.78, 5) is 39.5. The third-order valence-electron chi connectivity index (χ3n) is 5.54. The van der Waals surface area contributed by atoms with E-state index in [1.165, 1.54) is 12.3 Å². The number of rotatable bonds is 4. The Morgan fingerprint density at radius 2 is 1.96 bits per heavy atom. The zero-order valence-corrected chi connectivity index (χ0v) is 15.6. The van der Waals surface area contributed by atoms with Crippen molar-refractivity contribution in [3.05, 3.63) is 51.4 Å². The van der Waals surface area contributed by atoms with Crippen molar-refractivity contribution in [2.45, 2.75) is 32.2 Å². The number of hydrogen-bond donors (Lipinski definition) is 2. The molecule has 0 spiro atoms. The van der Waals surface area contributed by atoms with Crippen molar-refractivity contribution in [3.63, 3.8) is 0 Å². The monoisotopic (exact) mass is 382 g/mol. The van der Waals surface area contributed by atoms with Crippen LogP contribution in [0.3, 0.4) is 0 Å². The van der Waals surface area contributed by atoms with Crippen LogP contribution in [-0.4, -0.2) is 30.2 Å². The highest BCUT2D eigenvalue weighted by molar-refractivity contribution is 5.92. The van der Waals surface area contributed by atoms with Gasteiger partial charge in [0.1, 0.15) is 5.65 Å². The first-order chi connectivity index (χ1) is 13.5. The van der Waals surface area contributed by atoms with E-state index in [4.69, 9.17) is 0 Å². The van der Waals surface area contributed by atoms with E-state index in [1.54, 1.807) is 34.5 Å². The maximum atomic E-state index is 12.6. The van der Waals surface area contributed by atoms with Crippen LogP contribution in [-0.2, 0) is 18.4 Å². The minimum absolute atomic E-state index is 0.00175. The number of aromatic amines is 1. The quantitative estimate of drug-likeness (QED) is 0.705. The third kappa shape index (κ3) is 3.47. The summed E-state index contributed by atoms with van der Waals surface area (Å²) in [6, 6.07) is 4.81. The Kier molecular flexibility index (Phi) is 4.81. The van der Waals surface area contributed by atoms with Crippen LogP contribution in [0.5, 0.6) is 0 Å². The van der Waals surface area contributed by atoms with E-state index in [1.807, 2.05) is 0 Å². The zero-order chi connectivity index (χ0) is 19.7. The summed E-state index contributed by atoms with van der Waals surface area (Å²) in [5.74, 6) is 0.241. The molecule has 0 aromatic carbocycles. The molecule has 3 aromatic heterocycles. The first kappa shape index (κ1) is 18.1. The molecule has 1 amide bonds. The van der Waals surface area contributed by atoms with Crippen LogP contribution in [0.25, 0.3) is 11.2 Å². The number of fused-ring (bicyclic) bond motifs is 1. The predicted octanol–water partition coefficient (Wildman–Crippen LogP) is 1.26. The summed E-state index contributed by atoms with van der Waals surface area (Å²) in [6.07, 6.45) is 6.31. The number of H-pyrrole nitrogens is 1. The van der Waals surface area contributed by atoms with Gasteiger partial charge in [0.2, 0.25) is 11.5 Å². The number of aromatic nitrogens is 5. The molecule has 146 valence electrons. The van der Waals surface area contributed by atoms with Crippen molar-refractivity contribution in [3.8, 4) is 0 Å². The van der Waals surface area contributed by atoms with Crippen molar-refractivity contribution in [2.75, 3.05) is 5.32 Å². The summed E-state index contributed by atoms with van der Waals surface area (Å²) >= 11 is 0. The van der Waals surface area contributed by atoms with Gasteiger partial charge in [-0.25, -0.2) is 4.79 Å². The van der Waals surface area contributed by atoms with E-state index in [0.717, 1.165) is 25.7 Å². The van der Waals surface area contributed by atoms with Gasteiger partial charge >= 0.3 is 5.69 Å². The molecule has 0 saturated heterocycles. The Hall–Kier alpha value is -3.23. The van der Waals surface area contributed by atoms with Crippen LogP contribution >= 0.6 is 0 Å². The van der Waals surface area contributed by atoms with Gasteiger partial charge in [-0.2, -0.15) is 10.2 Å². The average Bonchev–Trinajstić information content (AvgIpc) is 2.93. The van der Waals surface area contributed by atoms with E-state index < -0.39 is 0 Å². The Labute approximate surface area is 160 Å². The fourth-order valence-corrected chi connectivity index (χ4v) is 3.96. The number of carbonyl (C=O) groups excluding carboxylic acids is 1. The molecule has 4 rings (SSSR count). The number of nitrogens with one attached hydrogen (secondary N) is 2. The minimum Gasteiger partial charge on any atom is -0.324 e. The normalized spacial score (nSPS) is 19.6. The number of anilines is 1. The highest BCUT2D eigenvalue weighted by Crippen LogP contribution is 2.31. The number of carbonyl (C=O) groups is 1. The molecule has 1 saturated carbocycles. The summed E-state index contributed by atoms with van der Waals surface area (Å²) < 4.78 is 3.19. The second-order valence-corrected chi connectivity index (χ2v) is 7.35. The Bertz CT molecular complexity index is 1110. The van der Waals surface area contributed by atoms with Crippen molar-refractivity contribution >= 4 is 22.8 Å². The molecule has 9 nitrogen and oxygen atoms in total. The Morgan fingerprint density at radius 1 is 1.18 bits per heavy atom. The Morgan fingerprint density at radius 3 is 2.68 bits per heavy atom. The molecule has 0 radical (unpaired) electrons. The van der Waals surface area contributed by atoms with Crippen LogP contribution in [0.4, 0.5) is 5.69 Å². The minimum atomic E-state index is -0.224. The molecule has 0 unspecified atom stereocenters. The van der Waals surface area contributed by atoms with Gasteiger partial charge in [0.25, 0.3) is 0 Å². The smallest absolute Gasteiger partial charge is 0.324 e. The molecule has 3 heterocycles. The molecule has 1 aliphatic carbocycles. The van der Waals surface area contributed by atoms with E-state index in [-0.39, 0.29) is 23.1 Å². The average molecular weight is 382 g/mol. The van der Waals surface area contributed by atoms with Gasteiger partial charge in [0.15, 0.2) is 0 Å². The summed E-state index contributed by atoms with van der Waals surface area (Å²) in [7, 11) is 1.70. The predicted molar refractivity (Wildman–Crippen MR) is 104 cm³/mol. The highest BCUT2D eigenvalue weighted by atomic mass is 16.2. The molecule has 9 heteroatoms. The molecule has 3 aromatic rings. The highest BCUT2D eigenvalue weighted by Gasteiger charge is 2.27. The van der Waals surface area contributed by atoms with E-state index in [2.05, 4.69) is 20.5 Å².